The molecule has 1 aromatic carbocycles. The van der Waals surface area contributed by atoms with Crippen molar-refractivity contribution in [2.75, 3.05) is 26.0 Å². The standard InChI is InChI=1S/C22H33N3O6S/c1-16(17-5-7-19(8-6-17)32(3,27)28)24-20(31-23)15-29-18-9-13-25(14-10-18)21(26)30-22(2)11-4-12-22/h5-8,16,18H,4,9-15,23H2,1-3H3. The van der Waals surface area contributed by atoms with Gasteiger partial charge < -0.3 is 19.2 Å². The Labute approximate surface area is 189 Å². The van der Waals surface area contributed by atoms with Gasteiger partial charge in [-0.3, -0.25) is 0 Å². The molecule has 1 saturated heterocycles. The number of ether oxygens (including phenoxy) is 2. The Bertz CT molecular complexity index is 919. The zero-order valence-corrected chi connectivity index (χ0v) is 19.8. The van der Waals surface area contributed by atoms with Crippen molar-refractivity contribution in [1.82, 2.24) is 4.90 Å². The Morgan fingerprint density at radius 2 is 1.88 bits per heavy atom. The third-order valence-corrected chi connectivity index (χ3v) is 7.28. The normalized spacial score (nSPS) is 20.4. The van der Waals surface area contributed by atoms with Gasteiger partial charge in [0.2, 0.25) is 5.90 Å². The van der Waals surface area contributed by atoms with Gasteiger partial charge in [0.25, 0.3) is 0 Å². The highest BCUT2D eigenvalue weighted by atomic mass is 32.2. The first-order valence-electron chi connectivity index (χ1n) is 10.9. The van der Waals surface area contributed by atoms with Gasteiger partial charge in [0.1, 0.15) is 12.2 Å². The maximum absolute atomic E-state index is 12.3. The summed E-state index contributed by atoms with van der Waals surface area (Å²) in [5, 5.41) is 0. The van der Waals surface area contributed by atoms with E-state index < -0.39 is 9.84 Å². The number of nitrogens with zero attached hydrogens (tertiary/aromatic N) is 2. The zero-order valence-electron chi connectivity index (χ0n) is 19.0. The lowest BCUT2D eigenvalue weighted by Gasteiger charge is -2.40. The number of hydrogen-bond donors (Lipinski definition) is 1. The van der Waals surface area contributed by atoms with E-state index in [9.17, 15) is 13.2 Å². The van der Waals surface area contributed by atoms with E-state index in [2.05, 4.69) is 4.99 Å². The summed E-state index contributed by atoms with van der Waals surface area (Å²) in [5.41, 5.74) is 0.537. The highest BCUT2D eigenvalue weighted by Gasteiger charge is 2.37. The van der Waals surface area contributed by atoms with Gasteiger partial charge in [-0.15, -0.1) is 0 Å². The van der Waals surface area contributed by atoms with Crippen molar-refractivity contribution in [2.24, 2.45) is 10.9 Å². The Kier molecular flexibility index (Phi) is 7.79. The Morgan fingerprint density at radius 1 is 1.25 bits per heavy atom. The summed E-state index contributed by atoms with van der Waals surface area (Å²) in [6, 6.07) is 6.27. The fraction of sp³-hybridized carbons (Fsp3) is 0.636. The minimum absolute atomic E-state index is 0.0250. The quantitative estimate of drug-likeness (QED) is 0.372. The van der Waals surface area contributed by atoms with Crippen molar-refractivity contribution in [3.63, 3.8) is 0 Å². The largest absolute Gasteiger partial charge is 0.443 e. The molecule has 32 heavy (non-hydrogen) atoms. The number of hydrogen-bond acceptors (Lipinski definition) is 8. The molecule has 1 amide bonds. The SMILES string of the molecule is CC(N=C(COC1CCN(C(=O)OC2(C)CCC2)CC1)ON)c1ccc(S(C)(=O)=O)cc1. The van der Waals surface area contributed by atoms with Crippen molar-refractivity contribution < 1.29 is 27.5 Å². The Hall–Kier alpha value is -2.17. The van der Waals surface area contributed by atoms with Crippen molar-refractivity contribution in [3.05, 3.63) is 29.8 Å². The topological polar surface area (TPSA) is 121 Å². The predicted molar refractivity (Wildman–Crippen MR) is 120 cm³/mol. The number of nitrogens with two attached hydrogens (primary N) is 1. The fourth-order valence-electron chi connectivity index (χ4n) is 3.83. The molecule has 1 aliphatic heterocycles. The minimum atomic E-state index is -3.24. The molecule has 0 spiro atoms. The van der Waals surface area contributed by atoms with Gasteiger partial charge in [0, 0.05) is 19.3 Å². The van der Waals surface area contributed by atoms with Crippen LogP contribution in [0.2, 0.25) is 0 Å². The van der Waals surface area contributed by atoms with Crippen LogP contribution in [-0.4, -0.2) is 63.0 Å². The third-order valence-electron chi connectivity index (χ3n) is 6.15. The van der Waals surface area contributed by atoms with Gasteiger partial charge in [-0.2, -0.15) is 5.90 Å². The van der Waals surface area contributed by atoms with Crippen LogP contribution in [0, 0.1) is 0 Å². The molecular weight excluding hydrogens is 434 g/mol. The molecular formula is C22H33N3O6S. The van der Waals surface area contributed by atoms with Gasteiger partial charge in [-0.1, -0.05) is 12.1 Å². The molecule has 9 nitrogen and oxygen atoms in total. The molecule has 1 heterocycles. The second-order valence-electron chi connectivity index (χ2n) is 8.83. The van der Waals surface area contributed by atoms with Crippen molar-refractivity contribution in [1.29, 1.82) is 0 Å². The summed E-state index contributed by atoms with van der Waals surface area (Å²) in [6.07, 6.45) is 5.27. The molecule has 2 N–H and O–H groups in total. The molecule has 1 unspecified atom stereocenters. The van der Waals surface area contributed by atoms with Crippen LogP contribution < -0.4 is 5.90 Å². The lowest BCUT2D eigenvalue weighted by Crippen LogP contribution is -2.47. The van der Waals surface area contributed by atoms with Crippen LogP contribution in [0.3, 0.4) is 0 Å². The second kappa shape index (κ2) is 10.2. The minimum Gasteiger partial charge on any atom is -0.443 e. The van der Waals surface area contributed by atoms with Gasteiger partial charge in [0.15, 0.2) is 9.84 Å². The predicted octanol–water partition coefficient (Wildman–Crippen LogP) is 3.00. The monoisotopic (exact) mass is 467 g/mol. The number of amides is 1. The van der Waals surface area contributed by atoms with E-state index in [0.717, 1.165) is 24.8 Å². The van der Waals surface area contributed by atoms with E-state index in [1.165, 1.54) is 6.26 Å². The number of piperidine rings is 1. The van der Waals surface area contributed by atoms with Crippen LogP contribution in [0.15, 0.2) is 34.2 Å². The van der Waals surface area contributed by atoms with E-state index in [-0.39, 0.29) is 41.2 Å². The number of aliphatic imine (C=N–C) groups is 1. The fourth-order valence-corrected chi connectivity index (χ4v) is 4.46. The number of sulfone groups is 1. The number of rotatable bonds is 7. The molecule has 3 rings (SSSR count). The second-order valence-corrected chi connectivity index (χ2v) is 10.8. The molecule has 1 atom stereocenters. The lowest BCUT2D eigenvalue weighted by molar-refractivity contribution is -0.0554. The van der Waals surface area contributed by atoms with Crippen LogP contribution in [0.1, 0.15) is 57.6 Å². The van der Waals surface area contributed by atoms with Crippen LogP contribution in [0.5, 0.6) is 0 Å². The smallest absolute Gasteiger partial charge is 0.410 e. The van der Waals surface area contributed by atoms with E-state index in [1.54, 1.807) is 29.2 Å². The van der Waals surface area contributed by atoms with Crippen molar-refractivity contribution in [3.8, 4) is 0 Å². The number of likely N-dealkylation sites (tertiary alicyclic amines) is 1. The molecule has 178 valence electrons. The first kappa shape index (κ1) is 24.5. The molecule has 2 aliphatic rings. The van der Waals surface area contributed by atoms with E-state index >= 15 is 0 Å². The van der Waals surface area contributed by atoms with Gasteiger partial charge in [-0.25, -0.2) is 18.2 Å². The highest BCUT2D eigenvalue weighted by molar-refractivity contribution is 7.90. The highest BCUT2D eigenvalue weighted by Crippen LogP contribution is 2.35. The van der Waals surface area contributed by atoms with Crippen molar-refractivity contribution >= 4 is 21.8 Å². The number of benzene rings is 1. The summed E-state index contributed by atoms with van der Waals surface area (Å²) in [6.45, 7) is 5.13. The molecule has 1 aromatic rings. The molecule has 1 aliphatic carbocycles. The van der Waals surface area contributed by atoms with Crippen LogP contribution in [0.25, 0.3) is 0 Å². The van der Waals surface area contributed by atoms with Gasteiger partial charge in [-0.05, 0) is 63.6 Å². The maximum atomic E-state index is 12.3. The Morgan fingerprint density at radius 3 is 2.38 bits per heavy atom. The first-order chi connectivity index (χ1) is 15.1. The summed E-state index contributed by atoms with van der Waals surface area (Å²) >= 11 is 0. The zero-order chi connectivity index (χ0) is 23.4. The van der Waals surface area contributed by atoms with Crippen LogP contribution in [0.4, 0.5) is 4.79 Å². The molecule has 2 fully saturated rings. The number of carbonyl (C=O) groups is 1. The van der Waals surface area contributed by atoms with E-state index in [0.29, 0.717) is 25.9 Å². The average Bonchev–Trinajstić information content (AvgIpc) is 2.75. The summed E-state index contributed by atoms with van der Waals surface area (Å²) in [7, 11) is -3.24. The average molecular weight is 468 g/mol. The molecule has 1 saturated carbocycles. The van der Waals surface area contributed by atoms with Gasteiger partial charge >= 0.3 is 6.09 Å². The molecule has 0 radical (unpaired) electrons. The molecule has 0 aromatic heterocycles. The number of carbonyl (C=O) groups excluding carboxylic acids is 1. The summed E-state index contributed by atoms with van der Waals surface area (Å²) in [4.78, 5) is 23.7. The van der Waals surface area contributed by atoms with Crippen molar-refractivity contribution in [2.45, 2.75) is 68.6 Å². The summed E-state index contributed by atoms with van der Waals surface area (Å²) in [5.74, 6) is 5.63. The molecule has 10 heteroatoms. The first-order valence-corrected chi connectivity index (χ1v) is 12.8. The van der Waals surface area contributed by atoms with E-state index in [4.69, 9.17) is 20.2 Å². The van der Waals surface area contributed by atoms with Crippen LogP contribution >= 0.6 is 0 Å². The van der Waals surface area contributed by atoms with E-state index in [1.807, 2.05) is 13.8 Å². The third kappa shape index (κ3) is 6.43. The van der Waals surface area contributed by atoms with Crippen LogP contribution in [-0.2, 0) is 24.1 Å². The lowest BCUT2D eigenvalue weighted by atomic mass is 9.82. The summed E-state index contributed by atoms with van der Waals surface area (Å²) < 4.78 is 34.7. The van der Waals surface area contributed by atoms with Gasteiger partial charge in [0.05, 0.1) is 17.0 Å². The Balaban J connectivity index is 1.46. The molecule has 0 bridgehead atoms. The maximum Gasteiger partial charge on any atom is 0.410 e.